The van der Waals surface area contributed by atoms with Crippen LogP contribution < -0.4 is 5.32 Å². The largest absolute Gasteiger partial charge is 0.363 e. The molecule has 0 spiro atoms. The number of nitrogens with one attached hydrogen (secondary N) is 1. The number of anilines is 1. The Hall–Kier alpha value is -0.940. The Bertz CT molecular complexity index is 442. The lowest BCUT2D eigenvalue weighted by Gasteiger charge is -2.32. The Balaban J connectivity index is 1.74. The lowest BCUT2D eigenvalue weighted by Crippen LogP contribution is -2.42. The second-order valence-corrected chi connectivity index (χ2v) is 5.31. The molecule has 1 N–H and O–H groups in total. The predicted octanol–water partition coefficient (Wildman–Crippen LogP) is 2.31. The second kappa shape index (κ2) is 4.97. The molecule has 1 aromatic heterocycles. The summed E-state index contributed by atoms with van der Waals surface area (Å²) in [5.41, 5.74) is 0. The van der Waals surface area contributed by atoms with Crippen molar-refractivity contribution in [3.05, 3.63) is 17.3 Å². The van der Waals surface area contributed by atoms with Crippen LogP contribution in [-0.2, 0) is 0 Å². The van der Waals surface area contributed by atoms with E-state index in [1.165, 1.54) is 19.3 Å². The number of piperidine rings is 1. The van der Waals surface area contributed by atoms with E-state index in [1.807, 2.05) is 0 Å². The number of fused-ring (bicyclic) bond motifs is 1. The average molecular weight is 271 g/mol. The summed E-state index contributed by atoms with van der Waals surface area (Å²) in [4.78, 5) is 10.0. The molecule has 3 rings (SSSR count). The molecule has 0 amide bonds. The highest BCUT2D eigenvalue weighted by atomic mass is 35.5. The summed E-state index contributed by atoms with van der Waals surface area (Å²) in [5.74, 6) is -0.207. The summed E-state index contributed by atoms with van der Waals surface area (Å²) in [7, 11) is 0. The van der Waals surface area contributed by atoms with Crippen LogP contribution >= 0.6 is 11.6 Å². The van der Waals surface area contributed by atoms with Crippen molar-refractivity contribution in [2.24, 2.45) is 0 Å². The van der Waals surface area contributed by atoms with Gasteiger partial charge in [-0.25, -0.2) is 9.37 Å². The molecule has 1 aromatic rings. The molecule has 2 unspecified atom stereocenters. The molecule has 3 heterocycles. The molecular formula is C12H16ClFN4. The fraction of sp³-hybridized carbons (Fsp3) is 0.667. The first-order valence-corrected chi connectivity index (χ1v) is 6.80. The van der Waals surface area contributed by atoms with Crippen molar-refractivity contribution in [1.29, 1.82) is 0 Å². The molecule has 0 radical (unpaired) electrons. The van der Waals surface area contributed by atoms with Gasteiger partial charge in [0.15, 0.2) is 11.6 Å². The van der Waals surface area contributed by atoms with Gasteiger partial charge in [0, 0.05) is 18.6 Å². The molecule has 0 aromatic carbocycles. The highest BCUT2D eigenvalue weighted by Crippen LogP contribution is 2.29. The van der Waals surface area contributed by atoms with Crippen LogP contribution in [0.5, 0.6) is 0 Å². The molecule has 0 saturated carbocycles. The molecule has 2 fully saturated rings. The van der Waals surface area contributed by atoms with Gasteiger partial charge in [0.05, 0.1) is 6.20 Å². The number of hydrogen-bond donors (Lipinski definition) is 1. The van der Waals surface area contributed by atoms with Gasteiger partial charge >= 0.3 is 0 Å². The molecular weight excluding hydrogens is 255 g/mol. The van der Waals surface area contributed by atoms with Crippen LogP contribution in [-0.4, -0.2) is 40.0 Å². The first-order valence-electron chi connectivity index (χ1n) is 6.42. The standard InChI is InChI=1S/C12H16ClFN4/c13-12-15-7-8(14)11(17-12)16-9-4-6-18-5-2-1-3-10(9)18/h7,9-10H,1-6H2,(H,15,16,17). The molecule has 98 valence electrons. The summed E-state index contributed by atoms with van der Waals surface area (Å²) >= 11 is 5.70. The van der Waals surface area contributed by atoms with Gasteiger partial charge in [-0.2, -0.15) is 4.98 Å². The molecule has 2 atom stereocenters. The molecule has 18 heavy (non-hydrogen) atoms. The lowest BCUT2D eigenvalue weighted by molar-refractivity contribution is 0.192. The number of rotatable bonds is 2. The van der Waals surface area contributed by atoms with E-state index in [4.69, 9.17) is 11.6 Å². The van der Waals surface area contributed by atoms with Crippen LogP contribution in [0.2, 0.25) is 5.28 Å². The van der Waals surface area contributed by atoms with Crippen LogP contribution in [0.25, 0.3) is 0 Å². The summed E-state index contributed by atoms with van der Waals surface area (Å²) in [6.45, 7) is 2.25. The Morgan fingerprint density at radius 2 is 2.22 bits per heavy atom. The van der Waals surface area contributed by atoms with Gasteiger partial charge in [-0.3, -0.25) is 4.90 Å². The fourth-order valence-corrected chi connectivity index (χ4v) is 3.17. The van der Waals surface area contributed by atoms with Crippen molar-refractivity contribution in [1.82, 2.24) is 14.9 Å². The van der Waals surface area contributed by atoms with Crippen molar-refractivity contribution in [2.75, 3.05) is 18.4 Å². The highest BCUT2D eigenvalue weighted by Gasteiger charge is 2.35. The zero-order chi connectivity index (χ0) is 12.5. The molecule has 2 aliphatic heterocycles. The maximum Gasteiger partial charge on any atom is 0.224 e. The molecule has 0 aliphatic carbocycles. The van der Waals surface area contributed by atoms with Crippen molar-refractivity contribution >= 4 is 17.4 Å². The molecule has 2 aliphatic rings. The topological polar surface area (TPSA) is 41.1 Å². The minimum absolute atomic E-state index is 0.0809. The van der Waals surface area contributed by atoms with E-state index < -0.39 is 5.82 Å². The third kappa shape index (κ3) is 2.29. The third-order valence-corrected chi connectivity index (χ3v) is 4.07. The summed E-state index contributed by atoms with van der Waals surface area (Å²) < 4.78 is 13.6. The van der Waals surface area contributed by atoms with E-state index in [0.717, 1.165) is 25.7 Å². The first-order chi connectivity index (χ1) is 8.74. The Morgan fingerprint density at radius 3 is 3.11 bits per heavy atom. The molecule has 2 saturated heterocycles. The fourth-order valence-electron chi connectivity index (χ4n) is 3.04. The van der Waals surface area contributed by atoms with Crippen molar-refractivity contribution in [3.8, 4) is 0 Å². The number of hydrogen-bond acceptors (Lipinski definition) is 4. The van der Waals surface area contributed by atoms with E-state index >= 15 is 0 Å². The molecule has 6 heteroatoms. The van der Waals surface area contributed by atoms with Gasteiger partial charge < -0.3 is 5.32 Å². The maximum atomic E-state index is 13.6. The van der Waals surface area contributed by atoms with E-state index in [-0.39, 0.29) is 17.1 Å². The zero-order valence-corrected chi connectivity index (χ0v) is 10.8. The Kier molecular flexibility index (Phi) is 3.35. The van der Waals surface area contributed by atoms with Crippen molar-refractivity contribution in [3.63, 3.8) is 0 Å². The van der Waals surface area contributed by atoms with E-state index in [1.54, 1.807) is 0 Å². The average Bonchev–Trinajstić information content (AvgIpc) is 2.78. The van der Waals surface area contributed by atoms with Crippen molar-refractivity contribution in [2.45, 2.75) is 37.8 Å². The van der Waals surface area contributed by atoms with Gasteiger partial charge in [0.1, 0.15) is 0 Å². The quantitative estimate of drug-likeness (QED) is 0.838. The predicted molar refractivity (Wildman–Crippen MR) is 68.2 cm³/mol. The second-order valence-electron chi connectivity index (χ2n) is 4.97. The minimum atomic E-state index is -0.436. The zero-order valence-electron chi connectivity index (χ0n) is 10.1. The third-order valence-electron chi connectivity index (χ3n) is 3.89. The van der Waals surface area contributed by atoms with E-state index in [0.29, 0.717) is 6.04 Å². The van der Waals surface area contributed by atoms with Crippen LogP contribution in [0.15, 0.2) is 6.20 Å². The normalized spacial score (nSPS) is 28.1. The van der Waals surface area contributed by atoms with Gasteiger partial charge in [0.25, 0.3) is 0 Å². The van der Waals surface area contributed by atoms with E-state index in [9.17, 15) is 4.39 Å². The smallest absolute Gasteiger partial charge is 0.224 e. The monoisotopic (exact) mass is 270 g/mol. The first kappa shape index (κ1) is 12.1. The maximum absolute atomic E-state index is 13.6. The molecule has 4 nitrogen and oxygen atoms in total. The van der Waals surface area contributed by atoms with Gasteiger partial charge in [-0.05, 0) is 37.4 Å². The van der Waals surface area contributed by atoms with Crippen LogP contribution in [0, 0.1) is 5.82 Å². The summed E-state index contributed by atoms with van der Waals surface area (Å²) in [5, 5.41) is 3.28. The summed E-state index contributed by atoms with van der Waals surface area (Å²) in [6.07, 6.45) is 5.86. The summed E-state index contributed by atoms with van der Waals surface area (Å²) in [6, 6.07) is 0.776. The van der Waals surface area contributed by atoms with E-state index in [2.05, 4.69) is 20.2 Å². The van der Waals surface area contributed by atoms with Crippen molar-refractivity contribution < 1.29 is 4.39 Å². The highest BCUT2D eigenvalue weighted by molar-refractivity contribution is 6.28. The van der Waals surface area contributed by atoms with Gasteiger partial charge in [-0.15, -0.1) is 0 Å². The van der Waals surface area contributed by atoms with Crippen LogP contribution in [0.1, 0.15) is 25.7 Å². The Labute approximate surface area is 111 Å². The van der Waals surface area contributed by atoms with Gasteiger partial charge in [0.2, 0.25) is 5.28 Å². The SMILES string of the molecule is Fc1cnc(Cl)nc1NC1CCN2CCCCC12. The minimum Gasteiger partial charge on any atom is -0.363 e. The Morgan fingerprint density at radius 1 is 1.33 bits per heavy atom. The molecule has 0 bridgehead atoms. The number of aromatic nitrogens is 2. The van der Waals surface area contributed by atoms with Gasteiger partial charge in [-0.1, -0.05) is 6.42 Å². The lowest BCUT2D eigenvalue weighted by atomic mass is 9.99. The van der Waals surface area contributed by atoms with Crippen LogP contribution in [0.3, 0.4) is 0 Å². The number of nitrogens with zero attached hydrogens (tertiary/aromatic N) is 3. The number of halogens is 2. The van der Waals surface area contributed by atoms with Crippen LogP contribution in [0.4, 0.5) is 10.2 Å².